The predicted molar refractivity (Wildman–Crippen MR) is 202 cm³/mol. The van der Waals surface area contributed by atoms with Gasteiger partial charge < -0.3 is 0 Å². The van der Waals surface area contributed by atoms with Crippen LogP contribution in [0.15, 0.2) is 159 Å². The van der Waals surface area contributed by atoms with Crippen molar-refractivity contribution in [2.45, 2.75) is 12.8 Å². The molecule has 0 amide bonds. The van der Waals surface area contributed by atoms with Gasteiger partial charge in [0.15, 0.2) is 0 Å². The van der Waals surface area contributed by atoms with Crippen LogP contribution >= 0.6 is 0 Å². The van der Waals surface area contributed by atoms with E-state index < -0.39 is 0 Å². The zero-order chi connectivity index (χ0) is 31.0. The summed E-state index contributed by atoms with van der Waals surface area (Å²) in [7, 11) is 0. The molecule has 0 heteroatoms. The molecule has 0 spiro atoms. The summed E-state index contributed by atoms with van der Waals surface area (Å²) in [5.41, 5.74) is 12.0. The molecule has 0 N–H and O–H groups in total. The lowest BCUT2D eigenvalue weighted by Gasteiger charge is -2.20. The minimum atomic E-state index is 1.10. The van der Waals surface area contributed by atoms with Gasteiger partial charge in [-0.25, -0.2) is 0 Å². The van der Waals surface area contributed by atoms with E-state index in [0.29, 0.717) is 0 Å². The Labute approximate surface area is 271 Å². The van der Waals surface area contributed by atoms with Crippen LogP contribution in [0, 0.1) is 0 Å². The minimum Gasteiger partial charge on any atom is -0.0984 e. The molecular formula is C46H34. The van der Waals surface area contributed by atoms with Crippen molar-refractivity contribution in [3.05, 3.63) is 175 Å². The van der Waals surface area contributed by atoms with Crippen LogP contribution in [0.5, 0.6) is 0 Å². The fourth-order valence-electron chi connectivity index (χ4n) is 7.29. The van der Waals surface area contributed by atoms with Crippen LogP contribution in [-0.2, 0) is 0 Å². The summed E-state index contributed by atoms with van der Waals surface area (Å²) in [4.78, 5) is 0. The Balaban J connectivity index is 1.28. The largest absolute Gasteiger partial charge is 0.0984 e. The molecular weight excluding hydrogens is 553 g/mol. The predicted octanol–water partition coefficient (Wildman–Crippen LogP) is 13.2. The van der Waals surface area contributed by atoms with Gasteiger partial charge in [-0.1, -0.05) is 165 Å². The van der Waals surface area contributed by atoms with Crippen molar-refractivity contribution in [2.24, 2.45) is 0 Å². The topological polar surface area (TPSA) is 0 Å². The highest BCUT2D eigenvalue weighted by atomic mass is 14.2. The summed E-state index contributed by atoms with van der Waals surface area (Å²) in [6.07, 6.45) is 13.0. The van der Waals surface area contributed by atoms with E-state index in [-0.39, 0.29) is 0 Å². The van der Waals surface area contributed by atoms with Gasteiger partial charge in [0, 0.05) is 0 Å². The molecule has 0 atom stereocenters. The van der Waals surface area contributed by atoms with Crippen LogP contribution < -0.4 is 0 Å². The van der Waals surface area contributed by atoms with Crippen LogP contribution in [0.25, 0.3) is 83.4 Å². The van der Waals surface area contributed by atoms with Gasteiger partial charge in [-0.15, -0.1) is 0 Å². The zero-order valence-corrected chi connectivity index (χ0v) is 25.8. The summed E-state index contributed by atoms with van der Waals surface area (Å²) >= 11 is 0. The highest BCUT2D eigenvalue weighted by Crippen LogP contribution is 2.44. The van der Waals surface area contributed by atoms with Gasteiger partial charge in [0.1, 0.15) is 0 Å². The molecule has 0 saturated heterocycles. The van der Waals surface area contributed by atoms with Crippen molar-refractivity contribution in [1.29, 1.82) is 0 Å². The molecule has 0 aliphatic heterocycles. The molecule has 0 unspecified atom stereocenters. The molecule has 1 aliphatic rings. The average molecular weight is 587 g/mol. The molecule has 0 bridgehead atoms. The molecule has 46 heavy (non-hydrogen) atoms. The van der Waals surface area contributed by atoms with Crippen molar-refractivity contribution in [3.63, 3.8) is 0 Å². The van der Waals surface area contributed by atoms with Crippen molar-refractivity contribution in [1.82, 2.24) is 0 Å². The van der Waals surface area contributed by atoms with Gasteiger partial charge in [-0.2, -0.15) is 0 Å². The molecule has 0 saturated carbocycles. The number of rotatable bonds is 6. The van der Waals surface area contributed by atoms with E-state index in [4.69, 9.17) is 0 Å². The normalized spacial score (nSPS) is 12.8. The summed E-state index contributed by atoms with van der Waals surface area (Å²) in [5.74, 6) is 0. The molecule has 7 aromatic carbocycles. The average Bonchev–Trinajstić information content (AvgIpc) is 3.14. The van der Waals surface area contributed by atoms with Gasteiger partial charge in [0.2, 0.25) is 0 Å². The van der Waals surface area contributed by atoms with Gasteiger partial charge in [0.25, 0.3) is 0 Å². The molecule has 0 aromatic heterocycles. The van der Waals surface area contributed by atoms with E-state index in [9.17, 15) is 0 Å². The van der Waals surface area contributed by atoms with Crippen molar-refractivity contribution >= 4 is 50.0 Å². The van der Waals surface area contributed by atoms with Gasteiger partial charge in [-0.05, 0) is 107 Å². The first-order valence-electron chi connectivity index (χ1n) is 16.1. The van der Waals surface area contributed by atoms with Crippen molar-refractivity contribution in [3.8, 4) is 33.4 Å². The van der Waals surface area contributed by atoms with Crippen LogP contribution in [0.4, 0.5) is 0 Å². The monoisotopic (exact) mass is 586 g/mol. The Hall–Kier alpha value is -5.72. The van der Waals surface area contributed by atoms with Crippen LogP contribution in [-0.4, -0.2) is 0 Å². The Morgan fingerprint density at radius 3 is 1.52 bits per heavy atom. The first-order chi connectivity index (χ1) is 22.7. The lowest BCUT2D eigenvalue weighted by atomic mass is 9.83. The summed E-state index contributed by atoms with van der Waals surface area (Å²) < 4.78 is 0. The number of hydrogen-bond donors (Lipinski definition) is 0. The first kappa shape index (κ1) is 27.8. The van der Waals surface area contributed by atoms with Crippen LogP contribution in [0.1, 0.15) is 29.5 Å². The molecule has 0 heterocycles. The summed E-state index contributed by atoms with van der Waals surface area (Å²) in [6.45, 7) is 8.61. The quantitative estimate of drug-likeness (QED) is 0.170. The van der Waals surface area contributed by atoms with E-state index in [1.165, 1.54) is 76.8 Å². The number of fused-ring (bicyclic) bond motifs is 4. The minimum absolute atomic E-state index is 1.10. The van der Waals surface area contributed by atoms with E-state index >= 15 is 0 Å². The molecule has 1 aliphatic carbocycles. The van der Waals surface area contributed by atoms with E-state index in [1.54, 1.807) is 0 Å². The maximum atomic E-state index is 4.31. The van der Waals surface area contributed by atoms with Gasteiger partial charge in [-0.3, -0.25) is 0 Å². The molecule has 8 rings (SSSR count). The van der Waals surface area contributed by atoms with Crippen molar-refractivity contribution < 1.29 is 0 Å². The van der Waals surface area contributed by atoms with Gasteiger partial charge >= 0.3 is 0 Å². The second-order valence-corrected chi connectivity index (χ2v) is 12.0. The molecule has 7 aromatic rings. The zero-order valence-electron chi connectivity index (χ0n) is 25.8. The second kappa shape index (κ2) is 11.7. The summed E-state index contributed by atoms with van der Waals surface area (Å²) in [6, 6.07) is 46.5. The highest BCUT2D eigenvalue weighted by Gasteiger charge is 2.19. The van der Waals surface area contributed by atoms with Crippen LogP contribution in [0.2, 0.25) is 0 Å². The third kappa shape index (κ3) is 4.62. The number of allylic oxidation sites excluding steroid dienone is 4. The van der Waals surface area contributed by atoms with Crippen molar-refractivity contribution in [2.75, 3.05) is 0 Å². The SMILES string of the molecule is C=Cc1c(C=C)c(-c2ccc(-c3cc4ccccc4c4ccccc34)cc2)c2ccccc2c1-c1ccc(C2=CCCC=C2)cc1. The molecule has 218 valence electrons. The van der Waals surface area contributed by atoms with E-state index in [0.717, 1.165) is 24.0 Å². The Bertz CT molecular complexity index is 2360. The van der Waals surface area contributed by atoms with Gasteiger partial charge in [0.05, 0.1) is 0 Å². The molecule has 0 radical (unpaired) electrons. The Morgan fingerprint density at radius 1 is 0.457 bits per heavy atom. The second-order valence-electron chi connectivity index (χ2n) is 12.0. The first-order valence-corrected chi connectivity index (χ1v) is 16.1. The smallest absolute Gasteiger partial charge is 0.00266 e. The Morgan fingerprint density at radius 2 is 0.957 bits per heavy atom. The third-order valence-corrected chi connectivity index (χ3v) is 9.46. The number of benzene rings is 7. The highest BCUT2D eigenvalue weighted by molar-refractivity contribution is 6.14. The molecule has 0 nitrogen and oxygen atoms in total. The standard InChI is InChI=1S/C46H34/c1-3-37-38(4-2)46(43-21-13-12-20-42(43)45(37)34-26-22-32(23-27-34)31-14-6-5-7-15-31)35-28-24-33(25-29-35)44-30-36-16-8-9-17-39(36)40-18-10-11-19-41(40)44/h3-4,6,8-30H,1-2,5,7H2. The lowest BCUT2D eigenvalue weighted by Crippen LogP contribution is -1.96. The Kier molecular flexibility index (Phi) is 7.04. The van der Waals surface area contributed by atoms with E-state index in [2.05, 4.69) is 159 Å². The number of hydrogen-bond acceptors (Lipinski definition) is 0. The van der Waals surface area contributed by atoms with Crippen LogP contribution in [0.3, 0.4) is 0 Å². The molecule has 0 fully saturated rings. The van der Waals surface area contributed by atoms with E-state index in [1.807, 2.05) is 12.2 Å². The summed E-state index contributed by atoms with van der Waals surface area (Å²) in [5, 5.41) is 7.52. The maximum absolute atomic E-state index is 4.31. The fourth-order valence-corrected chi connectivity index (χ4v) is 7.29. The lowest BCUT2D eigenvalue weighted by molar-refractivity contribution is 1.04. The third-order valence-electron chi connectivity index (χ3n) is 9.46. The fraction of sp³-hybridized carbons (Fsp3) is 0.0435. The maximum Gasteiger partial charge on any atom is -0.00266 e.